The summed E-state index contributed by atoms with van der Waals surface area (Å²) in [7, 11) is 0. The van der Waals surface area contributed by atoms with Crippen LogP contribution in [-0.2, 0) is 13.1 Å². The van der Waals surface area contributed by atoms with Crippen molar-refractivity contribution < 1.29 is 8.78 Å². The fraction of sp³-hybridized carbons (Fsp3) is 0.286. The van der Waals surface area contributed by atoms with Crippen molar-refractivity contribution in [1.29, 1.82) is 0 Å². The Balaban J connectivity index is 2.08. The molecule has 2 nitrogen and oxygen atoms in total. The predicted molar refractivity (Wildman–Crippen MR) is 67.3 cm³/mol. The van der Waals surface area contributed by atoms with Gasteiger partial charge in [-0.1, -0.05) is 6.92 Å². The first kappa shape index (κ1) is 12.8. The topological polar surface area (TPSA) is 17.0 Å². The lowest BCUT2D eigenvalue weighted by Crippen LogP contribution is -2.11. The Labute approximate surface area is 105 Å². The molecule has 0 aliphatic rings. The summed E-state index contributed by atoms with van der Waals surface area (Å²) in [6.45, 7) is 4.08. The third kappa shape index (κ3) is 3.17. The molecule has 1 heterocycles. The van der Waals surface area contributed by atoms with Crippen molar-refractivity contribution in [3.8, 4) is 0 Å². The number of nitrogens with zero attached hydrogens (tertiary/aromatic N) is 1. The number of nitrogens with one attached hydrogen (secondary N) is 1. The molecule has 0 atom stereocenters. The van der Waals surface area contributed by atoms with Crippen LogP contribution in [0.1, 0.15) is 18.1 Å². The molecule has 0 aliphatic carbocycles. The Morgan fingerprint density at radius 2 is 2.06 bits per heavy atom. The lowest BCUT2D eigenvalue weighted by atomic mass is 10.2. The van der Waals surface area contributed by atoms with Crippen molar-refractivity contribution in [3.63, 3.8) is 0 Å². The minimum Gasteiger partial charge on any atom is -0.349 e. The van der Waals surface area contributed by atoms with Crippen molar-refractivity contribution in [2.24, 2.45) is 0 Å². The highest BCUT2D eigenvalue weighted by atomic mass is 19.1. The average Bonchev–Trinajstić information content (AvgIpc) is 2.79. The third-order valence-corrected chi connectivity index (χ3v) is 2.75. The zero-order valence-electron chi connectivity index (χ0n) is 10.3. The number of aromatic nitrogens is 1. The van der Waals surface area contributed by atoms with Crippen molar-refractivity contribution in [2.45, 2.75) is 20.0 Å². The predicted octanol–water partition coefficient (Wildman–Crippen LogP) is 2.92. The van der Waals surface area contributed by atoms with Gasteiger partial charge in [0.25, 0.3) is 0 Å². The van der Waals surface area contributed by atoms with Gasteiger partial charge in [0.2, 0.25) is 0 Å². The molecule has 18 heavy (non-hydrogen) atoms. The van der Waals surface area contributed by atoms with Crippen LogP contribution in [0.4, 0.5) is 8.78 Å². The first-order valence-electron chi connectivity index (χ1n) is 5.98. The van der Waals surface area contributed by atoms with E-state index in [-0.39, 0.29) is 5.82 Å². The van der Waals surface area contributed by atoms with Crippen molar-refractivity contribution in [1.82, 2.24) is 9.88 Å². The molecule has 1 N–H and O–H groups in total. The van der Waals surface area contributed by atoms with E-state index >= 15 is 0 Å². The minimum atomic E-state index is -0.411. The van der Waals surface area contributed by atoms with E-state index in [0.29, 0.717) is 12.1 Å². The van der Waals surface area contributed by atoms with E-state index in [9.17, 15) is 8.78 Å². The molecule has 0 bridgehead atoms. The number of hydrogen-bond acceptors (Lipinski definition) is 1. The van der Waals surface area contributed by atoms with Crippen LogP contribution in [0.15, 0.2) is 36.7 Å². The Morgan fingerprint density at radius 3 is 2.83 bits per heavy atom. The van der Waals surface area contributed by atoms with Crippen molar-refractivity contribution in [2.75, 3.05) is 6.54 Å². The monoisotopic (exact) mass is 250 g/mol. The first-order valence-corrected chi connectivity index (χ1v) is 5.98. The average molecular weight is 250 g/mol. The Hall–Kier alpha value is -1.68. The van der Waals surface area contributed by atoms with Crippen LogP contribution in [0.5, 0.6) is 0 Å². The molecule has 0 amide bonds. The van der Waals surface area contributed by atoms with Crippen LogP contribution in [0.25, 0.3) is 0 Å². The summed E-state index contributed by atoms with van der Waals surface area (Å²) >= 11 is 0. The van der Waals surface area contributed by atoms with Gasteiger partial charge in [0.1, 0.15) is 11.6 Å². The highest BCUT2D eigenvalue weighted by molar-refractivity contribution is 5.20. The summed E-state index contributed by atoms with van der Waals surface area (Å²) in [4.78, 5) is 0. The fourth-order valence-electron chi connectivity index (χ4n) is 1.82. The maximum absolute atomic E-state index is 13.5. The van der Waals surface area contributed by atoms with Gasteiger partial charge >= 0.3 is 0 Å². The van der Waals surface area contributed by atoms with Gasteiger partial charge in [0.15, 0.2) is 0 Å². The summed E-state index contributed by atoms with van der Waals surface area (Å²) < 4.78 is 28.4. The first-order chi connectivity index (χ1) is 8.69. The Bertz CT molecular complexity index is 520. The van der Waals surface area contributed by atoms with Gasteiger partial charge < -0.3 is 9.88 Å². The lowest BCUT2D eigenvalue weighted by molar-refractivity contribution is 0.577. The molecule has 0 saturated heterocycles. The van der Waals surface area contributed by atoms with E-state index in [0.717, 1.165) is 30.8 Å². The number of hydrogen-bond donors (Lipinski definition) is 1. The van der Waals surface area contributed by atoms with Crippen LogP contribution in [-0.4, -0.2) is 11.1 Å². The molecule has 2 rings (SSSR count). The highest BCUT2D eigenvalue weighted by Gasteiger charge is 2.05. The van der Waals surface area contributed by atoms with Crippen LogP contribution in [0, 0.1) is 11.6 Å². The van der Waals surface area contributed by atoms with Crippen LogP contribution < -0.4 is 5.32 Å². The molecule has 0 radical (unpaired) electrons. The molecule has 0 unspecified atom stereocenters. The number of halogens is 2. The number of benzene rings is 1. The second-order valence-electron chi connectivity index (χ2n) is 4.21. The van der Waals surface area contributed by atoms with Crippen molar-refractivity contribution in [3.05, 3.63) is 59.4 Å². The quantitative estimate of drug-likeness (QED) is 0.863. The molecule has 96 valence electrons. The summed E-state index contributed by atoms with van der Waals surface area (Å²) in [6.07, 6.45) is 3.81. The molecule has 0 fully saturated rings. The molecule has 2 aromatic rings. The van der Waals surface area contributed by atoms with Gasteiger partial charge in [-0.05, 0) is 36.4 Å². The lowest BCUT2D eigenvalue weighted by Gasteiger charge is -2.05. The molecule has 1 aromatic heterocycles. The summed E-state index contributed by atoms with van der Waals surface area (Å²) in [6, 6.07) is 5.50. The number of rotatable bonds is 5. The van der Waals surface area contributed by atoms with E-state index in [4.69, 9.17) is 0 Å². The van der Waals surface area contributed by atoms with Crippen molar-refractivity contribution >= 4 is 0 Å². The largest absolute Gasteiger partial charge is 0.349 e. The second-order valence-corrected chi connectivity index (χ2v) is 4.21. The normalized spacial score (nSPS) is 10.8. The van der Waals surface area contributed by atoms with E-state index in [1.165, 1.54) is 6.07 Å². The van der Waals surface area contributed by atoms with Crippen LogP contribution >= 0.6 is 0 Å². The van der Waals surface area contributed by atoms with E-state index < -0.39 is 5.82 Å². The van der Waals surface area contributed by atoms with Gasteiger partial charge in [-0.15, -0.1) is 0 Å². The summed E-state index contributed by atoms with van der Waals surface area (Å²) in [5, 5.41) is 3.21. The van der Waals surface area contributed by atoms with E-state index in [1.807, 2.05) is 30.0 Å². The molecule has 0 aliphatic heterocycles. The highest BCUT2D eigenvalue weighted by Crippen LogP contribution is 2.12. The minimum absolute atomic E-state index is 0.343. The third-order valence-electron chi connectivity index (χ3n) is 2.75. The summed E-state index contributed by atoms with van der Waals surface area (Å²) in [5.74, 6) is -0.787. The maximum Gasteiger partial charge on any atom is 0.128 e. The molecule has 0 saturated carbocycles. The standard InChI is InChI=1S/C14H16F2N2/c1-2-17-8-11-5-6-18(9-11)10-12-7-13(15)3-4-14(12)16/h3-7,9,17H,2,8,10H2,1H3. The Morgan fingerprint density at radius 1 is 1.22 bits per heavy atom. The van der Waals surface area contributed by atoms with Gasteiger partial charge in [-0.2, -0.15) is 0 Å². The molecular formula is C14H16F2N2. The maximum atomic E-state index is 13.5. The van der Waals surface area contributed by atoms with Gasteiger partial charge in [0, 0.05) is 31.0 Å². The SMILES string of the molecule is CCNCc1ccn(Cc2cc(F)ccc2F)c1. The van der Waals surface area contributed by atoms with E-state index in [2.05, 4.69) is 5.32 Å². The fourth-order valence-corrected chi connectivity index (χ4v) is 1.82. The molecule has 0 spiro atoms. The smallest absolute Gasteiger partial charge is 0.128 e. The molecule has 4 heteroatoms. The van der Waals surface area contributed by atoms with Gasteiger partial charge in [-0.3, -0.25) is 0 Å². The van der Waals surface area contributed by atoms with Crippen LogP contribution in [0.3, 0.4) is 0 Å². The molecule has 1 aromatic carbocycles. The molecular weight excluding hydrogens is 234 g/mol. The second kappa shape index (κ2) is 5.78. The summed E-state index contributed by atoms with van der Waals surface area (Å²) in [5.41, 5.74) is 1.49. The zero-order valence-corrected chi connectivity index (χ0v) is 10.3. The van der Waals surface area contributed by atoms with Crippen LogP contribution in [0.2, 0.25) is 0 Å². The Kier molecular flexibility index (Phi) is 4.10. The van der Waals surface area contributed by atoms with Gasteiger partial charge in [-0.25, -0.2) is 8.78 Å². The zero-order chi connectivity index (χ0) is 13.0. The van der Waals surface area contributed by atoms with Gasteiger partial charge in [0.05, 0.1) is 0 Å². The van der Waals surface area contributed by atoms with E-state index in [1.54, 1.807) is 0 Å².